The Hall–Kier alpha value is -3.13. The molecule has 2 aromatic carbocycles. The first-order valence-corrected chi connectivity index (χ1v) is 11.8. The Labute approximate surface area is 215 Å². The van der Waals surface area contributed by atoms with Gasteiger partial charge < -0.3 is 16.8 Å². The summed E-state index contributed by atoms with van der Waals surface area (Å²) >= 11 is 12.3. The molecule has 3 rings (SSSR count). The van der Waals surface area contributed by atoms with E-state index in [9.17, 15) is 9.59 Å². The lowest BCUT2D eigenvalue weighted by molar-refractivity contribution is -0.142. The van der Waals surface area contributed by atoms with E-state index in [4.69, 9.17) is 34.7 Å². The number of rotatable bonds is 10. The highest BCUT2D eigenvalue weighted by Gasteiger charge is 2.49. The second kappa shape index (κ2) is 11.5. The molecule has 1 heterocycles. The molecular weight excluding hydrogens is 485 g/mol. The molecule has 184 valence electrons. The molecule has 1 aromatic heterocycles. The number of carbonyl (C=O) groups excluding carboxylic acids is 2. The van der Waals surface area contributed by atoms with Gasteiger partial charge in [0.15, 0.2) is 0 Å². The predicted molar refractivity (Wildman–Crippen MR) is 140 cm³/mol. The van der Waals surface area contributed by atoms with Crippen molar-refractivity contribution >= 4 is 40.8 Å². The zero-order valence-electron chi connectivity index (χ0n) is 19.7. The van der Waals surface area contributed by atoms with E-state index in [1.54, 1.807) is 55.5 Å². The van der Waals surface area contributed by atoms with Crippen LogP contribution < -0.4 is 16.8 Å². The van der Waals surface area contributed by atoms with Crippen molar-refractivity contribution in [3.63, 3.8) is 0 Å². The van der Waals surface area contributed by atoms with E-state index in [2.05, 4.69) is 10.3 Å². The smallest absolute Gasteiger partial charge is 0.239 e. The third kappa shape index (κ3) is 6.31. The van der Waals surface area contributed by atoms with Crippen LogP contribution in [-0.2, 0) is 29.0 Å². The lowest BCUT2D eigenvalue weighted by Crippen LogP contribution is -2.64. The highest BCUT2D eigenvalue weighted by molar-refractivity contribution is 6.42. The van der Waals surface area contributed by atoms with Crippen molar-refractivity contribution in [2.24, 2.45) is 11.7 Å². The van der Waals surface area contributed by atoms with Gasteiger partial charge in [-0.1, -0.05) is 65.7 Å². The third-order valence-electron chi connectivity index (χ3n) is 6.17. The molecule has 2 atom stereocenters. The van der Waals surface area contributed by atoms with Crippen LogP contribution in [0, 0.1) is 5.92 Å². The Bertz CT molecular complexity index is 1170. The van der Waals surface area contributed by atoms with Gasteiger partial charge in [-0.15, -0.1) is 0 Å². The highest BCUT2D eigenvalue weighted by atomic mass is 35.5. The molecule has 0 radical (unpaired) electrons. The summed E-state index contributed by atoms with van der Waals surface area (Å²) in [5.74, 6) is -1.37. The van der Waals surface area contributed by atoms with E-state index in [1.807, 2.05) is 30.3 Å². The van der Waals surface area contributed by atoms with Crippen molar-refractivity contribution in [3.05, 3.63) is 93.6 Å². The van der Waals surface area contributed by atoms with Crippen molar-refractivity contribution in [1.82, 2.24) is 15.2 Å². The van der Waals surface area contributed by atoms with Crippen LogP contribution in [-0.4, -0.2) is 41.3 Å². The van der Waals surface area contributed by atoms with Gasteiger partial charge in [0.2, 0.25) is 11.8 Å². The number of benzene rings is 2. The number of hydrogen-bond acceptors (Lipinski definition) is 5. The molecule has 0 spiro atoms. The number of pyridine rings is 1. The lowest BCUT2D eigenvalue weighted by atomic mass is 9.73. The SMILES string of the molecule is CN(C)C(Cc1ccccc1)(C(N)=O)[C@H](Cc1ccc(Cl)c(Cl)c1)C(=O)NCc1ccc(N)nc1. The number of nitrogens with two attached hydrogens (primary N) is 2. The summed E-state index contributed by atoms with van der Waals surface area (Å²) < 4.78 is 0. The molecule has 1 unspecified atom stereocenters. The minimum absolute atomic E-state index is 0.219. The number of likely N-dealkylation sites (N-methyl/N-ethyl adjacent to an activating group) is 1. The summed E-state index contributed by atoms with van der Waals surface area (Å²) in [4.78, 5) is 32.7. The normalized spacial score (nSPS) is 13.7. The van der Waals surface area contributed by atoms with E-state index in [0.717, 1.165) is 16.7 Å². The van der Waals surface area contributed by atoms with Crippen LogP contribution in [0.1, 0.15) is 16.7 Å². The van der Waals surface area contributed by atoms with Crippen molar-refractivity contribution in [3.8, 4) is 0 Å². The number of halogens is 2. The number of primary amides is 1. The van der Waals surface area contributed by atoms with E-state index in [-0.39, 0.29) is 25.3 Å². The minimum atomic E-state index is -1.32. The zero-order chi connectivity index (χ0) is 25.6. The maximum Gasteiger partial charge on any atom is 0.239 e. The monoisotopic (exact) mass is 513 g/mol. The molecule has 35 heavy (non-hydrogen) atoms. The molecule has 5 N–H and O–H groups in total. The molecule has 0 saturated heterocycles. The maximum atomic E-state index is 13.7. The topological polar surface area (TPSA) is 114 Å². The van der Waals surface area contributed by atoms with E-state index in [1.165, 1.54) is 0 Å². The van der Waals surface area contributed by atoms with Crippen LogP contribution in [0.15, 0.2) is 66.9 Å². The fourth-order valence-corrected chi connectivity index (χ4v) is 4.53. The summed E-state index contributed by atoms with van der Waals surface area (Å²) in [6.07, 6.45) is 2.07. The molecule has 0 saturated carbocycles. The van der Waals surface area contributed by atoms with Crippen LogP contribution in [0.25, 0.3) is 0 Å². The third-order valence-corrected chi connectivity index (χ3v) is 6.91. The van der Waals surface area contributed by atoms with Crippen molar-refractivity contribution in [2.75, 3.05) is 19.8 Å². The van der Waals surface area contributed by atoms with Gasteiger partial charge in [0.05, 0.1) is 16.0 Å². The van der Waals surface area contributed by atoms with Crippen LogP contribution in [0.5, 0.6) is 0 Å². The van der Waals surface area contributed by atoms with Crippen LogP contribution in [0.3, 0.4) is 0 Å². The number of amides is 2. The van der Waals surface area contributed by atoms with Crippen molar-refractivity contribution in [2.45, 2.75) is 24.9 Å². The zero-order valence-corrected chi connectivity index (χ0v) is 21.2. The van der Waals surface area contributed by atoms with Crippen LogP contribution >= 0.6 is 23.2 Å². The van der Waals surface area contributed by atoms with Gasteiger partial charge in [0, 0.05) is 19.2 Å². The van der Waals surface area contributed by atoms with E-state index in [0.29, 0.717) is 15.9 Å². The van der Waals surface area contributed by atoms with E-state index >= 15 is 0 Å². The predicted octanol–water partition coefficient (Wildman–Crippen LogP) is 3.47. The van der Waals surface area contributed by atoms with Gasteiger partial charge in [-0.25, -0.2) is 4.98 Å². The van der Waals surface area contributed by atoms with Gasteiger partial charge >= 0.3 is 0 Å². The minimum Gasteiger partial charge on any atom is -0.384 e. The van der Waals surface area contributed by atoms with Gasteiger partial charge in [-0.05, 0) is 55.4 Å². The van der Waals surface area contributed by atoms with Crippen molar-refractivity contribution < 1.29 is 9.59 Å². The Balaban J connectivity index is 2.02. The number of nitrogens with zero attached hydrogens (tertiary/aromatic N) is 2. The first-order valence-electron chi connectivity index (χ1n) is 11.1. The number of nitrogens with one attached hydrogen (secondary N) is 1. The summed E-state index contributed by atoms with van der Waals surface area (Å²) in [6, 6.07) is 18.1. The number of anilines is 1. The van der Waals surface area contributed by atoms with Gasteiger partial charge in [0.1, 0.15) is 11.4 Å². The molecule has 0 fully saturated rings. The molecular formula is C26H29Cl2N5O2. The molecule has 0 aliphatic heterocycles. The van der Waals surface area contributed by atoms with Gasteiger partial charge in [0.25, 0.3) is 0 Å². The number of aromatic nitrogens is 1. The Kier molecular flexibility index (Phi) is 8.72. The number of carbonyl (C=O) groups is 2. The van der Waals surface area contributed by atoms with Gasteiger partial charge in [-0.3, -0.25) is 14.5 Å². The highest BCUT2D eigenvalue weighted by Crippen LogP contribution is 2.33. The fourth-order valence-electron chi connectivity index (χ4n) is 4.21. The van der Waals surface area contributed by atoms with Crippen LogP contribution in [0.2, 0.25) is 10.0 Å². The lowest BCUT2D eigenvalue weighted by Gasteiger charge is -2.43. The number of nitrogen functional groups attached to an aromatic ring is 1. The fraction of sp³-hybridized carbons (Fsp3) is 0.269. The summed E-state index contributed by atoms with van der Waals surface area (Å²) in [7, 11) is 3.51. The average molecular weight is 514 g/mol. The molecule has 0 aliphatic carbocycles. The summed E-state index contributed by atoms with van der Waals surface area (Å²) in [6.45, 7) is 0.220. The number of hydrogen-bond donors (Lipinski definition) is 3. The molecule has 0 aliphatic rings. The van der Waals surface area contributed by atoms with Gasteiger partial charge in [-0.2, -0.15) is 0 Å². The largest absolute Gasteiger partial charge is 0.384 e. The second-order valence-corrected chi connectivity index (χ2v) is 9.47. The standard InChI is InChI=1S/C26H29Cl2N5O2/c1-33(2)26(25(30)35,14-17-6-4-3-5-7-17)20(12-18-8-10-21(27)22(28)13-18)24(34)32-16-19-9-11-23(29)31-15-19/h3-11,13,15,20H,12,14,16H2,1-2H3,(H2,29,31)(H2,30,35)(H,32,34)/t20-,26?/m1/s1. The molecule has 2 amide bonds. The molecule has 9 heteroatoms. The average Bonchev–Trinajstić information content (AvgIpc) is 2.83. The Morgan fingerprint density at radius 1 is 1.00 bits per heavy atom. The van der Waals surface area contributed by atoms with Crippen molar-refractivity contribution in [1.29, 1.82) is 0 Å². The second-order valence-electron chi connectivity index (χ2n) is 8.66. The molecule has 0 bridgehead atoms. The Morgan fingerprint density at radius 2 is 1.69 bits per heavy atom. The molecule has 7 nitrogen and oxygen atoms in total. The van der Waals surface area contributed by atoms with E-state index < -0.39 is 17.4 Å². The maximum absolute atomic E-state index is 13.7. The Morgan fingerprint density at radius 3 is 2.26 bits per heavy atom. The molecule has 3 aromatic rings. The summed E-state index contributed by atoms with van der Waals surface area (Å²) in [5, 5.41) is 3.73. The quantitative estimate of drug-likeness (QED) is 0.383. The first-order chi connectivity index (χ1) is 16.6. The summed E-state index contributed by atoms with van der Waals surface area (Å²) in [5.41, 5.74) is 12.8. The first kappa shape index (κ1) is 26.5. The van der Waals surface area contributed by atoms with Crippen LogP contribution in [0.4, 0.5) is 5.82 Å².